The minimum absolute atomic E-state index is 0.387. The predicted octanol–water partition coefficient (Wildman–Crippen LogP) is 3.89. The molecule has 0 aliphatic heterocycles. The largest absolute Gasteiger partial charge is 0.468 e. The van der Waals surface area contributed by atoms with Crippen LogP contribution in [0.1, 0.15) is 11.1 Å². The highest BCUT2D eigenvalue weighted by atomic mass is 16.5. The smallest absolute Gasteiger partial charge is 0.322 e. The molecular formula is C23H22N2O2. The fraction of sp³-hybridized carbons (Fsp3) is 0.174. The quantitative estimate of drug-likeness (QED) is 0.551. The number of aromatic nitrogens is 1. The number of benzene rings is 3. The van der Waals surface area contributed by atoms with E-state index in [1.54, 1.807) is 0 Å². The Labute approximate surface area is 158 Å². The molecule has 4 heteroatoms. The summed E-state index contributed by atoms with van der Waals surface area (Å²) in [5, 5.41) is 2.38. The average molecular weight is 358 g/mol. The van der Waals surface area contributed by atoms with Gasteiger partial charge in [0.25, 0.3) is 0 Å². The molecule has 27 heavy (non-hydrogen) atoms. The Hall–Kier alpha value is -3.11. The van der Waals surface area contributed by atoms with E-state index in [-0.39, 0.29) is 5.97 Å². The van der Waals surface area contributed by atoms with E-state index < -0.39 is 6.04 Å². The van der Waals surface area contributed by atoms with Gasteiger partial charge in [-0.3, -0.25) is 4.79 Å². The zero-order chi connectivity index (χ0) is 18.8. The number of rotatable bonds is 5. The van der Waals surface area contributed by atoms with Gasteiger partial charge < -0.3 is 15.0 Å². The van der Waals surface area contributed by atoms with Crippen molar-refractivity contribution in [1.29, 1.82) is 0 Å². The highest BCUT2D eigenvalue weighted by Crippen LogP contribution is 2.30. The number of esters is 1. The summed E-state index contributed by atoms with van der Waals surface area (Å²) in [7, 11) is 1.36. The van der Waals surface area contributed by atoms with Gasteiger partial charge in [0.1, 0.15) is 6.04 Å². The van der Waals surface area contributed by atoms with E-state index in [2.05, 4.69) is 65.2 Å². The Morgan fingerprint density at radius 3 is 2.41 bits per heavy atom. The Kier molecular flexibility index (Phi) is 4.65. The molecule has 0 aliphatic rings. The van der Waals surface area contributed by atoms with Gasteiger partial charge in [-0.05, 0) is 35.7 Å². The molecule has 4 aromatic rings. The number of hydrogen-bond acceptors (Lipinski definition) is 3. The molecule has 136 valence electrons. The van der Waals surface area contributed by atoms with Crippen LogP contribution in [-0.4, -0.2) is 23.7 Å². The molecule has 1 unspecified atom stereocenters. The number of fused-ring (bicyclic) bond motifs is 3. The average Bonchev–Trinajstić information content (AvgIpc) is 3.01. The summed E-state index contributed by atoms with van der Waals surface area (Å²) >= 11 is 0. The number of carbonyl (C=O) groups excluding carboxylic acids is 1. The number of nitrogens with two attached hydrogens (primary N) is 1. The molecule has 1 heterocycles. The van der Waals surface area contributed by atoms with Gasteiger partial charge >= 0.3 is 5.97 Å². The van der Waals surface area contributed by atoms with Crippen LogP contribution in [0, 0.1) is 0 Å². The zero-order valence-corrected chi connectivity index (χ0v) is 15.3. The molecule has 0 spiro atoms. The molecule has 1 atom stereocenters. The van der Waals surface area contributed by atoms with Crippen molar-refractivity contribution in [2.45, 2.75) is 19.0 Å². The highest BCUT2D eigenvalue weighted by Gasteiger charge is 2.16. The lowest BCUT2D eigenvalue weighted by molar-refractivity contribution is -0.142. The van der Waals surface area contributed by atoms with Crippen LogP contribution in [0.2, 0.25) is 0 Å². The first-order valence-electron chi connectivity index (χ1n) is 9.04. The van der Waals surface area contributed by atoms with Crippen LogP contribution in [0.4, 0.5) is 0 Å². The summed E-state index contributed by atoms with van der Waals surface area (Å²) in [4.78, 5) is 11.6. The number of hydrogen-bond donors (Lipinski definition) is 1. The minimum Gasteiger partial charge on any atom is -0.468 e. The molecule has 0 fully saturated rings. The van der Waals surface area contributed by atoms with Crippen LogP contribution in [0.15, 0.2) is 72.8 Å². The maximum Gasteiger partial charge on any atom is 0.322 e. The fourth-order valence-electron chi connectivity index (χ4n) is 3.65. The van der Waals surface area contributed by atoms with Crippen molar-refractivity contribution in [2.75, 3.05) is 7.11 Å². The van der Waals surface area contributed by atoms with E-state index in [9.17, 15) is 4.79 Å². The first-order valence-corrected chi connectivity index (χ1v) is 9.04. The summed E-state index contributed by atoms with van der Waals surface area (Å²) < 4.78 is 7.08. The summed E-state index contributed by atoms with van der Waals surface area (Å²) in [6.45, 7) is 0.811. The molecular weight excluding hydrogens is 336 g/mol. The fourth-order valence-corrected chi connectivity index (χ4v) is 3.65. The number of carbonyl (C=O) groups is 1. The minimum atomic E-state index is -0.648. The predicted molar refractivity (Wildman–Crippen MR) is 109 cm³/mol. The van der Waals surface area contributed by atoms with Crippen molar-refractivity contribution in [3.63, 3.8) is 0 Å². The van der Waals surface area contributed by atoms with Crippen molar-refractivity contribution in [1.82, 2.24) is 4.57 Å². The third kappa shape index (κ3) is 3.32. The van der Waals surface area contributed by atoms with E-state index in [0.29, 0.717) is 6.42 Å². The van der Waals surface area contributed by atoms with Gasteiger partial charge in [-0.15, -0.1) is 0 Å². The van der Waals surface area contributed by atoms with Gasteiger partial charge in [-0.2, -0.15) is 0 Å². The Balaban J connectivity index is 1.80. The topological polar surface area (TPSA) is 57.2 Å². The monoisotopic (exact) mass is 358 g/mol. The number of ether oxygens (including phenoxy) is 1. The summed E-state index contributed by atoms with van der Waals surface area (Å²) in [5.74, 6) is -0.387. The lowest BCUT2D eigenvalue weighted by Gasteiger charge is -2.10. The summed E-state index contributed by atoms with van der Waals surface area (Å²) in [6.07, 6.45) is 0.459. The van der Waals surface area contributed by atoms with Crippen molar-refractivity contribution in [2.24, 2.45) is 5.73 Å². The molecule has 0 saturated heterocycles. The number of nitrogens with zero attached hydrogens (tertiary/aromatic N) is 1. The van der Waals surface area contributed by atoms with E-state index in [1.807, 2.05) is 12.1 Å². The molecule has 2 N–H and O–H groups in total. The zero-order valence-electron chi connectivity index (χ0n) is 15.3. The van der Waals surface area contributed by atoms with Crippen LogP contribution in [0.3, 0.4) is 0 Å². The molecule has 4 rings (SSSR count). The van der Waals surface area contributed by atoms with Gasteiger partial charge in [0.2, 0.25) is 0 Å². The van der Waals surface area contributed by atoms with Gasteiger partial charge in [0, 0.05) is 28.4 Å². The maximum atomic E-state index is 11.6. The van der Waals surface area contributed by atoms with Crippen LogP contribution in [0.25, 0.3) is 21.8 Å². The van der Waals surface area contributed by atoms with E-state index in [0.717, 1.165) is 12.1 Å². The van der Waals surface area contributed by atoms with Gasteiger partial charge in [0.15, 0.2) is 0 Å². The molecule has 0 saturated carbocycles. The van der Waals surface area contributed by atoms with E-state index in [1.165, 1.54) is 34.5 Å². The summed E-state index contributed by atoms with van der Waals surface area (Å²) in [6, 6.07) is 24.5. The van der Waals surface area contributed by atoms with Crippen molar-refractivity contribution >= 4 is 27.8 Å². The van der Waals surface area contributed by atoms with Crippen molar-refractivity contribution in [3.05, 3.63) is 83.9 Å². The summed E-state index contributed by atoms with van der Waals surface area (Å²) in [5.41, 5.74) is 10.6. The van der Waals surface area contributed by atoms with Crippen molar-refractivity contribution in [3.8, 4) is 0 Å². The van der Waals surface area contributed by atoms with Crippen LogP contribution >= 0.6 is 0 Å². The van der Waals surface area contributed by atoms with Crippen molar-refractivity contribution < 1.29 is 9.53 Å². The second kappa shape index (κ2) is 7.25. The van der Waals surface area contributed by atoms with Crippen LogP contribution < -0.4 is 5.73 Å². The SMILES string of the molecule is COC(=O)C(N)Cc1ccc2c(c1)c1ccccc1n2Cc1ccccc1. The Morgan fingerprint density at radius 2 is 1.63 bits per heavy atom. The Bertz CT molecular complexity index is 1100. The highest BCUT2D eigenvalue weighted by molar-refractivity contribution is 6.08. The third-order valence-electron chi connectivity index (χ3n) is 4.98. The first kappa shape index (κ1) is 17.3. The molecule has 0 aliphatic carbocycles. The van der Waals surface area contributed by atoms with Gasteiger partial charge in [-0.1, -0.05) is 54.6 Å². The number of para-hydroxylation sites is 1. The second-order valence-corrected chi connectivity index (χ2v) is 6.77. The maximum absolute atomic E-state index is 11.6. The lowest BCUT2D eigenvalue weighted by Crippen LogP contribution is -2.33. The first-order chi connectivity index (χ1) is 13.2. The molecule has 0 bridgehead atoms. The van der Waals surface area contributed by atoms with Gasteiger partial charge in [0.05, 0.1) is 7.11 Å². The van der Waals surface area contributed by atoms with E-state index in [4.69, 9.17) is 10.5 Å². The molecule has 0 radical (unpaired) electrons. The van der Waals surface area contributed by atoms with Gasteiger partial charge in [-0.25, -0.2) is 0 Å². The molecule has 3 aromatic carbocycles. The normalized spacial score (nSPS) is 12.4. The standard InChI is InChI=1S/C23H22N2O2/c1-27-23(26)20(24)14-17-11-12-22-19(13-17)18-9-5-6-10-21(18)25(22)15-16-7-3-2-4-8-16/h2-13,20H,14-15,24H2,1H3. The van der Waals surface area contributed by atoms with E-state index >= 15 is 0 Å². The second-order valence-electron chi connectivity index (χ2n) is 6.77. The Morgan fingerprint density at radius 1 is 0.926 bits per heavy atom. The lowest BCUT2D eigenvalue weighted by atomic mass is 10.0. The van der Waals surface area contributed by atoms with Crippen LogP contribution in [0.5, 0.6) is 0 Å². The third-order valence-corrected chi connectivity index (χ3v) is 4.98. The molecule has 4 nitrogen and oxygen atoms in total. The number of methoxy groups -OCH3 is 1. The van der Waals surface area contributed by atoms with Crippen LogP contribution in [-0.2, 0) is 22.5 Å². The molecule has 0 amide bonds. The molecule has 1 aromatic heterocycles.